The quantitative estimate of drug-likeness (QED) is 0.832. The van der Waals surface area contributed by atoms with Crippen LogP contribution in [0.3, 0.4) is 0 Å². The smallest absolute Gasteiger partial charge is 0.0465 e. The molecule has 2 rings (SSSR count). The van der Waals surface area contributed by atoms with Crippen molar-refractivity contribution >= 4 is 23.2 Å². The molecule has 1 N–H and O–H groups in total. The molecular formula is C15H21Cl2N. The molecule has 1 aromatic carbocycles. The topological polar surface area (TPSA) is 12.0 Å². The van der Waals surface area contributed by atoms with Gasteiger partial charge in [0, 0.05) is 28.2 Å². The molecule has 0 bridgehead atoms. The second-order valence-electron chi connectivity index (χ2n) is 5.70. The molecule has 0 amide bonds. The van der Waals surface area contributed by atoms with Crippen LogP contribution in [-0.2, 0) is 6.54 Å². The van der Waals surface area contributed by atoms with E-state index in [2.05, 4.69) is 19.2 Å². The molecule has 1 aromatic rings. The Morgan fingerprint density at radius 3 is 2.17 bits per heavy atom. The van der Waals surface area contributed by atoms with Crippen molar-refractivity contribution in [3.05, 3.63) is 33.8 Å². The van der Waals surface area contributed by atoms with E-state index in [1.165, 1.54) is 19.3 Å². The highest BCUT2D eigenvalue weighted by Gasteiger charge is 2.23. The lowest BCUT2D eigenvalue weighted by Gasteiger charge is -2.32. The largest absolute Gasteiger partial charge is 0.310 e. The summed E-state index contributed by atoms with van der Waals surface area (Å²) in [4.78, 5) is 0. The summed E-state index contributed by atoms with van der Waals surface area (Å²) in [6.07, 6.45) is 3.86. The van der Waals surface area contributed by atoms with Crippen LogP contribution in [0.1, 0.15) is 38.7 Å². The first-order chi connectivity index (χ1) is 8.56. The number of halogens is 2. The third-order valence-corrected chi connectivity index (χ3v) is 4.52. The zero-order chi connectivity index (χ0) is 13.1. The second-order valence-corrected chi connectivity index (χ2v) is 6.51. The summed E-state index contributed by atoms with van der Waals surface area (Å²) in [6, 6.07) is 6.28. The van der Waals surface area contributed by atoms with E-state index >= 15 is 0 Å². The van der Waals surface area contributed by atoms with Gasteiger partial charge >= 0.3 is 0 Å². The normalized spacial score (nSPS) is 28.3. The van der Waals surface area contributed by atoms with Gasteiger partial charge in [0.2, 0.25) is 0 Å². The van der Waals surface area contributed by atoms with E-state index in [1.807, 2.05) is 18.2 Å². The maximum Gasteiger partial charge on any atom is 0.0465 e. The van der Waals surface area contributed by atoms with E-state index < -0.39 is 0 Å². The zero-order valence-electron chi connectivity index (χ0n) is 11.0. The van der Waals surface area contributed by atoms with Crippen LogP contribution >= 0.6 is 23.2 Å². The molecule has 1 aliphatic carbocycles. The van der Waals surface area contributed by atoms with E-state index in [1.54, 1.807) is 0 Å². The van der Waals surface area contributed by atoms with Gasteiger partial charge in [-0.1, -0.05) is 43.1 Å². The van der Waals surface area contributed by atoms with Gasteiger partial charge in [-0.25, -0.2) is 0 Å². The number of hydrogen-bond acceptors (Lipinski definition) is 1. The van der Waals surface area contributed by atoms with Crippen molar-refractivity contribution < 1.29 is 0 Å². The van der Waals surface area contributed by atoms with Crippen LogP contribution in [0.5, 0.6) is 0 Å². The van der Waals surface area contributed by atoms with Crippen molar-refractivity contribution in [2.24, 2.45) is 11.8 Å². The molecule has 1 aliphatic rings. The molecule has 2 atom stereocenters. The molecule has 0 aromatic heterocycles. The molecule has 1 nitrogen and oxygen atoms in total. The van der Waals surface area contributed by atoms with Gasteiger partial charge < -0.3 is 5.32 Å². The van der Waals surface area contributed by atoms with E-state index in [9.17, 15) is 0 Å². The summed E-state index contributed by atoms with van der Waals surface area (Å²) >= 11 is 12.4. The lowest BCUT2D eigenvalue weighted by molar-refractivity contribution is 0.238. The van der Waals surface area contributed by atoms with Crippen molar-refractivity contribution in [2.45, 2.75) is 45.7 Å². The molecule has 0 heterocycles. The summed E-state index contributed by atoms with van der Waals surface area (Å²) in [5.74, 6) is 1.63. The Bertz CT molecular complexity index is 375. The monoisotopic (exact) mass is 285 g/mol. The van der Waals surface area contributed by atoms with E-state index in [-0.39, 0.29) is 0 Å². The maximum absolute atomic E-state index is 6.18. The van der Waals surface area contributed by atoms with E-state index in [0.29, 0.717) is 6.04 Å². The number of rotatable bonds is 3. The van der Waals surface area contributed by atoms with Crippen molar-refractivity contribution in [2.75, 3.05) is 0 Å². The first-order valence-electron chi connectivity index (χ1n) is 6.72. The Labute approximate surface area is 120 Å². The van der Waals surface area contributed by atoms with Gasteiger partial charge in [0.15, 0.2) is 0 Å². The molecule has 100 valence electrons. The van der Waals surface area contributed by atoms with Crippen molar-refractivity contribution in [1.82, 2.24) is 5.32 Å². The molecule has 1 fully saturated rings. The fraction of sp³-hybridized carbons (Fsp3) is 0.600. The average molecular weight is 286 g/mol. The maximum atomic E-state index is 6.18. The van der Waals surface area contributed by atoms with Crippen molar-refractivity contribution in [3.63, 3.8) is 0 Å². The Morgan fingerprint density at radius 2 is 1.61 bits per heavy atom. The van der Waals surface area contributed by atoms with E-state index in [0.717, 1.165) is 34.0 Å². The van der Waals surface area contributed by atoms with Crippen molar-refractivity contribution in [1.29, 1.82) is 0 Å². The van der Waals surface area contributed by atoms with Crippen LogP contribution < -0.4 is 5.32 Å². The average Bonchev–Trinajstić information content (AvgIpc) is 2.27. The van der Waals surface area contributed by atoms with Crippen LogP contribution in [0.4, 0.5) is 0 Å². The van der Waals surface area contributed by atoms with Gasteiger partial charge in [-0.3, -0.25) is 0 Å². The minimum atomic E-state index is 0.594. The molecule has 2 unspecified atom stereocenters. The van der Waals surface area contributed by atoms with Crippen LogP contribution in [-0.4, -0.2) is 6.04 Å². The molecule has 0 spiro atoms. The van der Waals surface area contributed by atoms with Gasteiger partial charge in [-0.2, -0.15) is 0 Å². The molecule has 18 heavy (non-hydrogen) atoms. The zero-order valence-corrected chi connectivity index (χ0v) is 12.6. The van der Waals surface area contributed by atoms with Crippen LogP contribution in [0, 0.1) is 11.8 Å². The Hall–Kier alpha value is -0.240. The summed E-state index contributed by atoms with van der Waals surface area (Å²) in [5, 5.41) is 5.12. The highest BCUT2D eigenvalue weighted by Crippen LogP contribution is 2.29. The lowest BCUT2D eigenvalue weighted by atomic mass is 9.80. The minimum absolute atomic E-state index is 0.594. The number of nitrogens with one attached hydrogen (secondary N) is 1. The van der Waals surface area contributed by atoms with Gasteiger partial charge in [0.25, 0.3) is 0 Å². The van der Waals surface area contributed by atoms with Crippen molar-refractivity contribution in [3.8, 4) is 0 Å². The number of hydrogen-bond donors (Lipinski definition) is 1. The first kappa shape index (κ1) is 14.2. The summed E-state index contributed by atoms with van der Waals surface area (Å²) < 4.78 is 0. The van der Waals surface area contributed by atoms with Gasteiger partial charge in [-0.05, 0) is 43.2 Å². The third kappa shape index (κ3) is 3.63. The highest BCUT2D eigenvalue weighted by atomic mass is 35.5. The van der Waals surface area contributed by atoms with Crippen LogP contribution in [0.25, 0.3) is 0 Å². The van der Waals surface area contributed by atoms with Gasteiger partial charge in [-0.15, -0.1) is 0 Å². The predicted molar refractivity (Wildman–Crippen MR) is 79.3 cm³/mol. The summed E-state index contributed by atoms with van der Waals surface area (Å²) in [5.41, 5.74) is 1.02. The predicted octanol–water partition coefficient (Wildman–Crippen LogP) is 4.91. The molecular weight excluding hydrogens is 265 g/mol. The SMILES string of the molecule is CC1CC(C)CC(NCc2c(Cl)cccc2Cl)C1. The summed E-state index contributed by atoms with van der Waals surface area (Å²) in [6.45, 7) is 5.45. The fourth-order valence-electron chi connectivity index (χ4n) is 3.06. The Balaban J connectivity index is 1.95. The highest BCUT2D eigenvalue weighted by molar-refractivity contribution is 6.35. The van der Waals surface area contributed by atoms with Gasteiger partial charge in [0.1, 0.15) is 0 Å². The van der Waals surface area contributed by atoms with E-state index in [4.69, 9.17) is 23.2 Å². The first-order valence-corrected chi connectivity index (χ1v) is 7.48. The molecule has 3 heteroatoms. The Morgan fingerprint density at radius 1 is 1.06 bits per heavy atom. The third-order valence-electron chi connectivity index (χ3n) is 3.81. The molecule has 0 aliphatic heterocycles. The summed E-state index contributed by atoms with van der Waals surface area (Å²) in [7, 11) is 0. The molecule has 1 saturated carbocycles. The van der Waals surface area contributed by atoms with Crippen LogP contribution in [0.2, 0.25) is 10.0 Å². The lowest BCUT2D eigenvalue weighted by Crippen LogP contribution is -2.36. The number of benzene rings is 1. The second kappa shape index (κ2) is 6.27. The Kier molecular flexibility index (Phi) is 4.94. The molecule has 0 radical (unpaired) electrons. The fourth-order valence-corrected chi connectivity index (χ4v) is 3.59. The minimum Gasteiger partial charge on any atom is -0.310 e. The molecule has 0 saturated heterocycles. The standard InChI is InChI=1S/C15H21Cl2N/c1-10-6-11(2)8-12(7-10)18-9-13-14(16)4-3-5-15(13)17/h3-5,10-12,18H,6-9H2,1-2H3. The van der Waals surface area contributed by atoms with Crippen LogP contribution in [0.15, 0.2) is 18.2 Å². The van der Waals surface area contributed by atoms with Gasteiger partial charge in [0.05, 0.1) is 0 Å².